The molecule has 1 saturated carbocycles. The second kappa shape index (κ2) is 9.48. The fourth-order valence-electron chi connectivity index (χ4n) is 2.93. The van der Waals surface area contributed by atoms with Gasteiger partial charge in [-0.1, -0.05) is 13.8 Å². The molecule has 136 valence electrons. The number of nitrogens with one attached hydrogen (secondary N) is 2. The van der Waals surface area contributed by atoms with Gasteiger partial charge >= 0.3 is 6.09 Å². The molecule has 0 aliphatic heterocycles. The second-order valence-electron chi connectivity index (χ2n) is 7.88. The summed E-state index contributed by atoms with van der Waals surface area (Å²) in [7, 11) is 0. The lowest BCUT2D eigenvalue weighted by Crippen LogP contribution is -2.50. The van der Waals surface area contributed by atoms with Crippen LogP contribution in [0.5, 0.6) is 0 Å². The van der Waals surface area contributed by atoms with Crippen LogP contribution in [0.15, 0.2) is 0 Å². The summed E-state index contributed by atoms with van der Waals surface area (Å²) < 4.78 is 11.0. The van der Waals surface area contributed by atoms with Gasteiger partial charge in [-0.2, -0.15) is 0 Å². The van der Waals surface area contributed by atoms with E-state index in [4.69, 9.17) is 9.47 Å². The molecule has 0 saturated heterocycles. The van der Waals surface area contributed by atoms with E-state index in [1.807, 2.05) is 27.7 Å². The van der Waals surface area contributed by atoms with Crippen molar-refractivity contribution in [2.45, 2.75) is 91.0 Å². The van der Waals surface area contributed by atoms with Crippen LogP contribution in [0, 0.1) is 5.92 Å². The van der Waals surface area contributed by atoms with Crippen LogP contribution in [0.4, 0.5) is 4.79 Å². The highest BCUT2D eigenvalue weighted by molar-refractivity contribution is 5.68. The molecule has 1 aliphatic carbocycles. The molecule has 1 aliphatic rings. The Morgan fingerprint density at radius 1 is 1.22 bits per heavy atom. The Labute approximate surface area is 141 Å². The maximum absolute atomic E-state index is 11.9. The normalized spacial score (nSPS) is 23.6. The Balaban J connectivity index is 2.45. The molecule has 2 N–H and O–H groups in total. The second-order valence-corrected chi connectivity index (χ2v) is 7.88. The highest BCUT2D eigenvalue weighted by Gasteiger charge is 2.27. The SMILES string of the molecule is CCOCC(NC1CCCC(NC(=O)OC(C)(C)C)C1)C(C)C. The number of carbonyl (C=O) groups is 1. The van der Waals surface area contributed by atoms with Gasteiger partial charge in [0.2, 0.25) is 0 Å². The number of carbonyl (C=O) groups excluding carboxylic acids is 1. The van der Waals surface area contributed by atoms with Gasteiger partial charge in [0.15, 0.2) is 0 Å². The van der Waals surface area contributed by atoms with Crippen molar-refractivity contribution >= 4 is 6.09 Å². The first kappa shape index (κ1) is 20.2. The highest BCUT2D eigenvalue weighted by atomic mass is 16.6. The Kier molecular flexibility index (Phi) is 8.34. The third-order valence-electron chi connectivity index (χ3n) is 4.15. The van der Waals surface area contributed by atoms with Gasteiger partial charge in [-0.05, 0) is 59.3 Å². The van der Waals surface area contributed by atoms with Crippen molar-refractivity contribution in [1.82, 2.24) is 10.6 Å². The third-order valence-corrected chi connectivity index (χ3v) is 4.15. The molecule has 5 heteroatoms. The van der Waals surface area contributed by atoms with E-state index in [0.29, 0.717) is 18.0 Å². The lowest BCUT2D eigenvalue weighted by atomic mass is 9.89. The average molecular weight is 328 g/mol. The minimum Gasteiger partial charge on any atom is -0.444 e. The molecule has 0 spiro atoms. The maximum atomic E-state index is 11.9. The smallest absolute Gasteiger partial charge is 0.407 e. The van der Waals surface area contributed by atoms with Crippen LogP contribution >= 0.6 is 0 Å². The molecule has 0 radical (unpaired) electrons. The maximum Gasteiger partial charge on any atom is 0.407 e. The number of hydrogen-bond acceptors (Lipinski definition) is 4. The van der Waals surface area contributed by atoms with Gasteiger partial charge in [-0.3, -0.25) is 0 Å². The van der Waals surface area contributed by atoms with Crippen molar-refractivity contribution in [3.8, 4) is 0 Å². The molecule has 0 aromatic carbocycles. The van der Waals surface area contributed by atoms with E-state index >= 15 is 0 Å². The van der Waals surface area contributed by atoms with Crippen molar-refractivity contribution in [3.05, 3.63) is 0 Å². The van der Waals surface area contributed by atoms with Crippen LogP contribution in [0.3, 0.4) is 0 Å². The summed E-state index contributed by atoms with van der Waals surface area (Å²) in [6, 6.07) is 0.979. The number of rotatable bonds is 7. The third kappa shape index (κ3) is 8.56. The highest BCUT2D eigenvalue weighted by Crippen LogP contribution is 2.21. The molecule has 1 amide bonds. The molecule has 1 fully saturated rings. The predicted molar refractivity (Wildman–Crippen MR) is 93.7 cm³/mol. The first-order valence-corrected chi connectivity index (χ1v) is 9.04. The monoisotopic (exact) mass is 328 g/mol. The summed E-state index contributed by atoms with van der Waals surface area (Å²) in [4.78, 5) is 11.9. The zero-order chi connectivity index (χ0) is 17.5. The molecule has 3 unspecified atom stereocenters. The lowest BCUT2D eigenvalue weighted by Gasteiger charge is -2.34. The van der Waals surface area contributed by atoms with E-state index in [9.17, 15) is 4.79 Å². The number of amides is 1. The molecular weight excluding hydrogens is 292 g/mol. The van der Waals surface area contributed by atoms with Crippen molar-refractivity contribution in [2.75, 3.05) is 13.2 Å². The number of alkyl carbamates (subject to hydrolysis) is 1. The summed E-state index contributed by atoms with van der Waals surface area (Å²) in [5.74, 6) is 0.528. The predicted octanol–water partition coefficient (Wildman–Crippen LogP) is 3.47. The van der Waals surface area contributed by atoms with Gasteiger partial charge in [0.1, 0.15) is 5.60 Å². The Hall–Kier alpha value is -0.810. The zero-order valence-corrected chi connectivity index (χ0v) is 15.8. The van der Waals surface area contributed by atoms with Gasteiger partial charge in [-0.15, -0.1) is 0 Å². The quantitative estimate of drug-likeness (QED) is 0.751. The van der Waals surface area contributed by atoms with Gasteiger partial charge in [0.25, 0.3) is 0 Å². The van der Waals surface area contributed by atoms with Crippen LogP contribution in [0.1, 0.15) is 67.2 Å². The fraction of sp³-hybridized carbons (Fsp3) is 0.944. The first-order chi connectivity index (χ1) is 10.7. The summed E-state index contributed by atoms with van der Waals surface area (Å²) in [5, 5.41) is 6.74. The van der Waals surface area contributed by atoms with Gasteiger partial charge in [-0.25, -0.2) is 4.79 Å². The van der Waals surface area contributed by atoms with Gasteiger partial charge < -0.3 is 20.1 Å². The molecule has 1 rings (SSSR count). The summed E-state index contributed by atoms with van der Waals surface area (Å²) in [6.07, 6.45) is 3.95. The minimum atomic E-state index is -0.448. The van der Waals surface area contributed by atoms with Crippen molar-refractivity contribution < 1.29 is 14.3 Å². The molecule has 3 atom stereocenters. The van der Waals surface area contributed by atoms with E-state index in [-0.39, 0.29) is 12.1 Å². The van der Waals surface area contributed by atoms with Gasteiger partial charge in [0.05, 0.1) is 6.61 Å². The first-order valence-electron chi connectivity index (χ1n) is 9.04. The van der Waals surface area contributed by atoms with E-state index in [0.717, 1.165) is 38.9 Å². The number of hydrogen-bond donors (Lipinski definition) is 2. The standard InChI is InChI=1S/C18H36N2O3/c1-7-22-12-16(13(2)3)19-14-9-8-10-15(11-14)20-17(21)23-18(4,5)6/h13-16,19H,7-12H2,1-6H3,(H,20,21). The molecule has 0 aromatic heterocycles. The average Bonchev–Trinajstić information content (AvgIpc) is 2.41. The van der Waals surface area contributed by atoms with Crippen LogP contribution in [0.25, 0.3) is 0 Å². The van der Waals surface area contributed by atoms with E-state index in [1.54, 1.807) is 0 Å². The van der Waals surface area contributed by atoms with Crippen LogP contribution in [-0.2, 0) is 9.47 Å². The molecule has 23 heavy (non-hydrogen) atoms. The zero-order valence-electron chi connectivity index (χ0n) is 15.8. The summed E-state index contributed by atoms with van der Waals surface area (Å²) in [6.45, 7) is 13.6. The molecule has 0 bridgehead atoms. The van der Waals surface area contributed by atoms with Crippen molar-refractivity contribution in [1.29, 1.82) is 0 Å². The molecule has 5 nitrogen and oxygen atoms in total. The van der Waals surface area contributed by atoms with Gasteiger partial charge in [0, 0.05) is 24.7 Å². The minimum absolute atomic E-state index is 0.191. The fourth-order valence-corrected chi connectivity index (χ4v) is 2.93. The topological polar surface area (TPSA) is 59.6 Å². The Morgan fingerprint density at radius 2 is 1.87 bits per heavy atom. The number of ether oxygens (including phenoxy) is 2. The van der Waals surface area contributed by atoms with Crippen molar-refractivity contribution in [2.24, 2.45) is 5.92 Å². The summed E-state index contributed by atoms with van der Waals surface area (Å²) in [5.41, 5.74) is -0.448. The van der Waals surface area contributed by atoms with E-state index in [2.05, 4.69) is 24.5 Å². The summed E-state index contributed by atoms with van der Waals surface area (Å²) >= 11 is 0. The Bertz CT molecular complexity index is 353. The van der Waals surface area contributed by atoms with Crippen LogP contribution < -0.4 is 10.6 Å². The Morgan fingerprint density at radius 3 is 2.43 bits per heavy atom. The molecule has 0 heterocycles. The van der Waals surface area contributed by atoms with Crippen molar-refractivity contribution in [3.63, 3.8) is 0 Å². The van der Waals surface area contributed by atoms with E-state index < -0.39 is 5.60 Å². The molecular formula is C18H36N2O3. The largest absolute Gasteiger partial charge is 0.444 e. The van der Waals surface area contributed by atoms with Crippen LogP contribution in [0.2, 0.25) is 0 Å². The van der Waals surface area contributed by atoms with Crippen LogP contribution in [-0.4, -0.2) is 43.0 Å². The van der Waals surface area contributed by atoms with E-state index in [1.165, 1.54) is 0 Å². The molecule has 0 aromatic rings. The lowest BCUT2D eigenvalue weighted by molar-refractivity contribution is 0.0483.